The average Bonchev–Trinajstić information content (AvgIpc) is 3.06. The van der Waals surface area contributed by atoms with Crippen molar-refractivity contribution in [1.29, 1.82) is 0 Å². The molecule has 2 saturated heterocycles. The molecular weight excluding hydrogens is 367 g/mol. The quantitative estimate of drug-likeness (QED) is 0.835. The number of anilines is 1. The van der Waals surface area contributed by atoms with Gasteiger partial charge in [0.25, 0.3) is 6.01 Å². The van der Waals surface area contributed by atoms with Crippen LogP contribution in [-0.2, 0) is 9.53 Å². The first-order valence-electron chi connectivity index (χ1n) is 8.02. The van der Waals surface area contributed by atoms with Crippen LogP contribution in [0.5, 0.6) is 0 Å². The van der Waals surface area contributed by atoms with E-state index in [4.69, 9.17) is 9.15 Å². The summed E-state index contributed by atoms with van der Waals surface area (Å²) in [4.78, 5) is 21.0. The van der Waals surface area contributed by atoms with Gasteiger partial charge in [-0.05, 0) is 12.1 Å². The first kappa shape index (κ1) is 19.8. The Kier molecular flexibility index (Phi) is 6.89. The van der Waals surface area contributed by atoms with E-state index < -0.39 is 0 Å². The van der Waals surface area contributed by atoms with Crippen LogP contribution in [0.3, 0.4) is 0 Å². The number of amides is 1. The van der Waals surface area contributed by atoms with Crippen molar-refractivity contribution in [2.75, 3.05) is 50.8 Å². The van der Waals surface area contributed by atoms with Crippen LogP contribution in [0.15, 0.2) is 28.7 Å². The number of para-hydroxylation sites is 2. The van der Waals surface area contributed by atoms with Crippen molar-refractivity contribution in [2.24, 2.45) is 0 Å². The fourth-order valence-corrected chi connectivity index (χ4v) is 3.06. The van der Waals surface area contributed by atoms with Gasteiger partial charge in [-0.15, -0.1) is 24.8 Å². The number of carbonyl (C=O) groups is 1. The van der Waals surface area contributed by atoms with Gasteiger partial charge in [0, 0.05) is 32.7 Å². The average molecular weight is 389 g/mol. The van der Waals surface area contributed by atoms with Crippen LogP contribution in [-0.4, -0.2) is 67.8 Å². The number of halogens is 2. The monoisotopic (exact) mass is 388 g/mol. The highest BCUT2D eigenvalue weighted by molar-refractivity contribution is 5.85. The number of nitrogens with zero attached hydrogens (tertiary/aromatic N) is 3. The number of fused-ring (bicyclic) bond motifs is 1. The minimum Gasteiger partial charge on any atom is -0.423 e. The molecule has 1 unspecified atom stereocenters. The summed E-state index contributed by atoms with van der Waals surface area (Å²) in [5, 5.41) is 3.22. The highest BCUT2D eigenvalue weighted by atomic mass is 35.5. The molecule has 3 heterocycles. The predicted octanol–water partition coefficient (Wildman–Crippen LogP) is 1.31. The highest BCUT2D eigenvalue weighted by Gasteiger charge is 2.29. The van der Waals surface area contributed by atoms with Gasteiger partial charge in [0.15, 0.2) is 5.58 Å². The zero-order valence-corrected chi connectivity index (χ0v) is 15.4. The third-order valence-electron chi connectivity index (χ3n) is 4.36. The van der Waals surface area contributed by atoms with Gasteiger partial charge in [-0.1, -0.05) is 12.1 Å². The molecule has 1 N–H and O–H groups in total. The molecule has 0 aliphatic carbocycles. The summed E-state index contributed by atoms with van der Waals surface area (Å²) in [6.45, 7) is 4.68. The molecule has 7 nitrogen and oxygen atoms in total. The summed E-state index contributed by atoms with van der Waals surface area (Å²) >= 11 is 0. The lowest BCUT2D eigenvalue weighted by molar-refractivity contribution is -0.136. The number of hydrogen-bond acceptors (Lipinski definition) is 6. The maximum Gasteiger partial charge on any atom is 0.298 e. The van der Waals surface area contributed by atoms with Crippen molar-refractivity contribution in [1.82, 2.24) is 15.2 Å². The summed E-state index contributed by atoms with van der Waals surface area (Å²) < 4.78 is 11.2. The minimum absolute atomic E-state index is 0. The lowest BCUT2D eigenvalue weighted by Gasteiger charge is -2.36. The van der Waals surface area contributed by atoms with Gasteiger partial charge < -0.3 is 24.3 Å². The summed E-state index contributed by atoms with van der Waals surface area (Å²) in [6, 6.07) is 8.17. The van der Waals surface area contributed by atoms with E-state index in [2.05, 4.69) is 15.2 Å². The Morgan fingerprint density at radius 2 is 1.92 bits per heavy atom. The lowest BCUT2D eigenvalue weighted by Crippen LogP contribution is -2.57. The van der Waals surface area contributed by atoms with E-state index in [1.165, 1.54) is 0 Å². The Balaban J connectivity index is 0.00000113. The SMILES string of the molecule is Cl.Cl.O=C(C1COCCN1)N1CCN(c2nc3ccccc3o2)CC1. The highest BCUT2D eigenvalue weighted by Crippen LogP contribution is 2.22. The molecule has 4 rings (SSSR count). The molecule has 0 spiro atoms. The number of hydrogen-bond donors (Lipinski definition) is 1. The zero-order valence-electron chi connectivity index (χ0n) is 13.7. The lowest BCUT2D eigenvalue weighted by atomic mass is 10.2. The van der Waals surface area contributed by atoms with Crippen molar-refractivity contribution in [2.45, 2.75) is 6.04 Å². The largest absolute Gasteiger partial charge is 0.423 e. The number of aromatic nitrogens is 1. The van der Waals surface area contributed by atoms with Gasteiger partial charge >= 0.3 is 0 Å². The molecule has 2 aliphatic heterocycles. The molecule has 0 saturated carbocycles. The van der Waals surface area contributed by atoms with Crippen molar-refractivity contribution in [3.63, 3.8) is 0 Å². The van der Waals surface area contributed by atoms with Crippen LogP contribution < -0.4 is 10.2 Å². The smallest absolute Gasteiger partial charge is 0.298 e. The fraction of sp³-hybridized carbons (Fsp3) is 0.500. The fourth-order valence-electron chi connectivity index (χ4n) is 3.06. The van der Waals surface area contributed by atoms with Crippen molar-refractivity contribution in [3.8, 4) is 0 Å². The van der Waals surface area contributed by atoms with Crippen LogP contribution in [0, 0.1) is 0 Å². The summed E-state index contributed by atoms with van der Waals surface area (Å²) in [6.07, 6.45) is 0. The Morgan fingerprint density at radius 3 is 2.60 bits per heavy atom. The normalized spacial score (nSPS) is 20.7. The second-order valence-electron chi connectivity index (χ2n) is 5.86. The van der Waals surface area contributed by atoms with E-state index in [1.807, 2.05) is 29.2 Å². The van der Waals surface area contributed by atoms with Gasteiger partial charge in [0.1, 0.15) is 11.6 Å². The van der Waals surface area contributed by atoms with Gasteiger partial charge in [0.2, 0.25) is 5.91 Å². The Hall–Kier alpha value is -1.54. The molecule has 0 radical (unpaired) electrons. The van der Waals surface area contributed by atoms with Gasteiger partial charge in [-0.3, -0.25) is 4.79 Å². The molecule has 25 heavy (non-hydrogen) atoms. The van der Waals surface area contributed by atoms with E-state index >= 15 is 0 Å². The topological polar surface area (TPSA) is 70.8 Å². The van der Waals surface area contributed by atoms with E-state index in [0.29, 0.717) is 32.3 Å². The van der Waals surface area contributed by atoms with E-state index in [-0.39, 0.29) is 36.8 Å². The van der Waals surface area contributed by atoms with Crippen LogP contribution in [0.2, 0.25) is 0 Å². The summed E-state index contributed by atoms with van der Waals surface area (Å²) in [7, 11) is 0. The number of nitrogens with one attached hydrogen (secondary N) is 1. The molecule has 9 heteroatoms. The van der Waals surface area contributed by atoms with E-state index in [9.17, 15) is 4.79 Å². The van der Waals surface area contributed by atoms with Crippen LogP contribution in [0.1, 0.15) is 0 Å². The number of oxazole rings is 1. The molecule has 2 aromatic rings. The molecule has 0 bridgehead atoms. The van der Waals surface area contributed by atoms with Crippen molar-refractivity contribution >= 4 is 47.8 Å². The Bertz CT molecular complexity index is 664. The predicted molar refractivity (Wildman–Crippen MR) is 99.9 cm³/mol. The van der Waals surface area contributed by atoms with Crippen molar-refractivity contribution in [3.05, 3.63) is 24.3 Å². The molecule has 2 fully saturated rings. The standard InChI is InChI=1S/C16H20N4O3.2ClH/c21-15(13-11-22-10-5-17-13)19-6-8-20(9-7-19)16-18-12-3-1-2-4-14(12)23-16;;/h1-4,13,17H,5-11H2;2*1H. The van der Waals surface area contributed by atoms with E-state index in [0.717, 1.165) is 30.7 Å². The molecular formula is C16H22Cl2N4O3. The second kappa shape index (κ2) is 8.71. The maximum atomic E-state index is 12.5. The molecule has 1 atom stereocenters. The molecule has 1 aromatic heterocycles. The first-order chi connectivity index (χ1) is 11.3. The number of benzene rings is 1. The number of carbonyl (C=O) groups excluding carboxylic acids is 1. The maximum absolute atomic E-state index is 12.5. The molecule has 1 amide bonds. The third kappa shape index (κ3) is 4.17. The van der Waals surface area contributed by atoms with Gasteiger partial charge in [-0.25, -0.2) is 0 Å². The second-order valence-corrected chi connectivity index (χ2v) is 5.86. The third-order valence-corrected chi connectivity index (χ3v) is 4.36. The first-order valence-corrected chi connectivity index (χ1v) is 8.02. The van der Waals surface area contributed by atoms with Crippen LogP contribution in [0.4, 0.5) is 6.01 Å². The Labute approximate surface area is 158 Å². The molecule has 2 aliphatic rings. The minimum atomic E-state index is -0.209. The van der Waals surface area contributed by atoms with Gasteiger partial charge in [0.05, 0.1) is 13.2 Å². The summed E-state index contributed by atoms with van der Waals surface area (Å²) in [5.74, 6) is 0.127. The van der Waals surface area contributed by atoms with Crippen LogP contribution >= 0.6 is 24.8 Å². The molecule has 1 aromatic carbocycles. The molecule has 138 valence electrons. The zero-order chi connectivity index (χ0) is 15.6. The number of rotatable bonds is 2. The number of ether oxygens (including phenoxy) is 1. The van der Waals surface area contributed by atoms with Crippen LogP contribution in [0.25, 0.3) is 11.1 Å². The number of piperazine rings is 1. The Morgan fingerprint density at radius 1 is 1.16 bits per heavy atom. The summed E-state index contributed by atoms with van der Waals surface area (Å²) in [5.41, 5.74) is 1.66. The number of morpholine rings is 1. The van der Waals surface area contributed by atoms with Gasteiger partial charge in [-0.2, -0.15) is 4.98 Å². The van der Waals surface area contributed by atoms with Crippen molar-refractivity contribution < 1.29 is 13.9 Å². The van der Waals surface area contributed by atoms with E-state index in [1.54, 1.807) is 0 Å².